The maximum atomic E-state index is 12.8. The molecule has 102 valence electrons. The SMILES string of the molecule is CCc1cc(CNCCc2ccc(F)cc2)n(C)n1. The maximum Gasteiger partial charge on any atom is 0.123 e. The maximum absolute atomic E-state index is 12.8. The molecule has 0 saturated carbocycles. The second kappa shape index (κ2) is 6.48. The van der Waals surface area contributed by atoms with Gasteiger partial charge in [0, 0.05) is 13.6 Å². The van der Waals surface area contributed by atoms with Crippen molar-refractivity contribution >= 4 is 0 Å². The average molecular weight is 261 g/mol. The van der Waals surface area contributed by atoms with Crippen LogP contribution in [0.15, 0.2) is 30.3 Å². The van der Waals surface area contributed by atoms with Crippen LogP contribution in [0.5, 0.6) is 0 Å². The number of aryl methyl sites for hydroxylation is 2. The number of benzene rings is 1. The van der Waals surface area contributed by atoms with Gasteiger partial charge in [-0.05, 0) is 43.1 Å². The van der Waals surface area contributed by atoms with Crippen molar-refractivity contribution in [3.63, 3.8) is 0 Å². The first-order valence-corrected chi connectivity index (χ1v) is 6.66. The zero-order valence-electron chi connectivity index (χ0n) is 11.5. The second-order valence-electron chi connectivity index (χ2n) is 4.66. The lowest BCUT2D eigenvalue weighted by molar-refractivity contribution is 0.618. The minimum atomic E-state index is -0.182. The Morgan fingerprint density at radius 3 is 2.63 bits per heavy atom. The van der Waals surface area contributed by atoms with Crippen LogP contribution in [-0.4, -0.2) is 16.3 Å². The predicted octanol–water partition coefficient (Wildman–Crippen LogP) is 2.45. The van der Waals surface area contributed by atoms with E-state index >= 15 is 0 Å². The van der Waals surface area contributed by atoms with Gasteiger partial charge in [-0.3, -0.25) is 4.68 Å². The van der Waals surface area contributed by atoms with E-state index in [2.05, 4.69) is 23.4 Å². The summed E-state index contributed by atoms with van der Waals surface area (Å²) in [5.41, 5.74) is 3.46. The van der Waals surface area contributed by atoms with Gasteiger partial charge < -0.3 is 5.32 Å². The Hall–Kier alpha value is -1.68. The van der Waals surface area contributed by atoms with Gasteiger partial charge in [-0.25, -0.2) is 4.39 Å². The van der Waals surface area contributed by atoms with Gasteiger partial charge in [0.15, 0.2) is 0 Å². The van der Waals surface area contributed by atoms with Gasteiger partial charge in [-0.2, -0.15) is 5.10 Å². The van der Waals surface area contributed by atoms with Gasteiger partial charge in [0.1, 0.15) is 5.82 Å². The van der Waals surface area contributed by atoms with Crippen LogP contribution < -0.4 is 5.32 Å². The molecule has 1 N–H and O–H groups in total. The molecule has 0 bridgehead atoms. The van der Waals surface area contributed by atoms with Gasteiger partial charge in [-0.1, -0.05) is 19.1 Å². The van der Waals surface area contributed by atoms with Crippen LogP contribution in [0.3, 0.4) is 0 Å². The molecular weight excluding hydrogens is 241 g/mol. The van der Waals surface area contributed by atoms with Crippen LogP contribution in [0.25, 0.3) is 0 Å². The minimum absolute atomic E-state index is 0.182. The Labute approximate surface area is 113 Å². The number of nitrogens with zero attached hydrogens (tertiary/aromatic N) is 2. The lowest BCUT2D eigenvalue weighted by atomic mass is 10.1. The normalized spacial score (nSPS) is 10.9. The fraction of sp³-hybridized carbons (Fsp3) is 0.400. The summed E-state index contributed by atoms with van der Waals surface area (Å²) in [6.07, 6.45) is 1.86. The number of hydrogen-bond donors (Lipinski definition) is 1. The summed E-state index contributed by atoms with van der Waals surface area (Å²) in [6, 6.07) is 8.80. The summed E-state index contributed by atoms with van der Waals surface area (Å²) < 4.78 is 14.7. The van der Waals surface area contributed by atoms with Gasteiger partial charge in [0.25, 0.3) is 0 Å². The molecule has 4 heteroatoms. The number of aromatic nitrogens is 2. The molecule has 0 atom stereocenters. The largest absolute Gasteiger partial charge is 0.311 e. The zero-order chi connectivity index (χ0) is 13.7. The van der Waals surface area contributed by atoms with Crippen molar-refractivity contribution in [2.75, 3.05) is 6.54 Å². The van der Waals surface area contributed by atoms with Crippen LogP contribution >= 0.6 is 0 Å². The van der Waals surface area contributed by atoms with Crippen LogP contribution in [-0.2, 0) is 26.4 Å². The standard InChI is InChI=1S/C15H20FN3/c1-3-14-10-15(19(2)18-14)11-17-9-8-12-4-6-13(16)7-5-12/h4-7,10,17H,3,8-9,11H2,1-2H3. The van der Waals surface area contributed by atoms with Crippen LogP contribution in [0.1, 0.15) is 23.9 Å². The van der Waals surface area contributed by atoms with E-state index in [9.17, 15) is 4.39 Å². The zero-order valence-corrected chi connectivity index (χ0v) is 11.5. The molecule has 0 saturated heterocycles. The molecular formula is C15H20FN3. The Balaban J connectivity index is 1.77. The molecule has 0 fully saturated rings. The summed E-state index contributed by atoms with van der Waals surface area (Å²) in [5.74, 6) is -0.182. The van der Waals surface area contributed by atoms with E-state index in [1.54, 1.807) is 0 Å². The number of hydrogen-bond acceptors (Lipinski definition) is 2. The summed E-state index contributed by atoms with van der Waals surface area (Å²) >= 11 is 0. The van der Waals surface area contributed by atoms with Crippen molar-refractivity contribution in [1.82, 2.24) is 15.1 Å². The molecule has 0 aliphatic rings. The van der Waals surface area contributed by atoms with E-state index in [0.717, 1.165) is 37.2 Å². The predicted molar refractivity (Wildman–Crippen MR) is 74.4 cm³/mol. The minimum Gasteiger partial charge on any atom is -0.311 e. The smallest absolute Gasteiger partial charge is 0.123 e. The summed E-state index contributed by atoms with van der Waals surface area (Å²) in [7, 11) is 1.97. The molecule has 0 aliphatic carbocycles. The highest BCUT2D eigenvalue weighted by atomic mass is 19.1. The van der Waals surface area contributed by atoms with Crippen molar-refractivity contribution in [3.8, 4) is 0 Å². The van der Waals surface area contributed by atoms with Crippen molar-refractivity contribution in [1.29, 1.82) is 0 Å². The van der Waals surface area contributed by atoms with Gasteiger partial charge >= 0.3 is 0 Å². The third-order valence-corrected chi connectivity index (χ3v) is 3.20. The molecule has 1 aromatic carbocycles. The molecule has 0 spiro atoms. The van der Waals surface area contributed by atoms with Gasteiger partial charge in [0.05, 0.1) is 11.4 Å². The first-order valence-electron chi connectivity index (χ1n) is 6.66. The number of rotatable bonds is 6. The lowest BCUT2D eigenvalue weighted by Gasteiger charge is -2.05. The highest BCUT2D eigenvalue weighted by Gasteiger charge is 2.02. The fourth-order valence-electron chi connectivity index (χ4n) is 2.01. The highest BCUT2D eigenvalue weighted by Crippen LogP contribution is 2.05. The van der Waals surface area contributed by atoms with Crippen LogP contribution in [0.2, 0.25) is 0 Å². The Kier molecular flexibility index (Phi) is 4.68. The Morgan fingerprint density at radius 1 is 1.26 bits per heavy atom. The molecule has 3 nitrogen and oxygen atoms in total. The van der Waals surface area contributed by atoms with E-state index < -0.39 is 0 Å². The Morgan fingerprint density at radius 2 is 2.00 bits per heavy atom. The first-order chi connectivity index (χ1) is 9.19. The topological polar surface area (TPSA) is 29.9 Å². The highest BCUT2D eigenvalue weighted by molar-refractivity contribution is 5.16. The van der Waals surface area contributed by atoms with Crippen LogP contribution in [0, 0.1) is 5.82 Å². The molecule has 2 rings (SSSR count). The van der Waals surface area contributed by atoms with E-state index in [1.165, 1.54) is 17.8 Å². The molecule has 2 aromatic rings. The van der Waals surface area contributed by atoms with E-state index in [-0.39, 0.29) is 5.82 Å². The van der Waals surface area contributed by atoms with Crippen LogP contribution in [0.4, 0.5) is 4.39 Å². The molecule has 1 aromatic heterocycles. The molecule has 0 radical (unpaired) electrons. The van der Waals surface area contributed by atoms with Gasteiger partial charge in [0.2, 0.25) is 0 Å². The number of halogens is 1. The first kappa shape index (κ1) is 13.7. The average Bonchev–Trinajstić information content (AvgIpc) is 2.77. The Bertz CT molecular complexity index is 517. The van der Waals surface area contributed by atoms with Crippen molar-refractivity contribution in [3.05, 3.63) is 53.1 Å². The van der Waals surface area contributed by atoms with Crippen molar-refractivity contribution < 1.29 is 4.39 Å². The van der Waals surface area contributed by atoms with E-state index in [4.69, 9.17) is 0 Å². The monoisotopic (exact) mass is 261 g/mol. The van der Waals surface area contributed by atoms with E-state index in [0.29, 0.717) is 0 Å². The molecule has 0 amide bonds. The van der Waals surface area contributed by atoms with Crippen molar-refractivity contribution in [2.24, 2.45) is 7.05 Å². The summed E-state index contributed by atoms with van der Waals surface area (Å²) in [4.78, 5) is 0. The molecule has 0 aliphatic heterocycles. The van der Waals surface area contributed by atoms with E-state index in [1.807, 2.05) is 23.9 Å². The third kappa shape index (κ3) is 3.89. The summed E-state index contributed by atoms with van der Waals surface area (Å²) in [6.45, 7) is 3.79. The number of nitrogens with one attached hydrogen (secondary N) is 1. The molecule has 1 heterocycles. The second-order valence-corrected chi connectivity index (χ2v) is 4.66. The summed E-state index contributed by atoms with van der Waals surface area (Å²) in [5, 5.41) is 7.80. The molecule has 0 unspecified atom stereocenters. The third-order valence-electron chi connectivity index (χ3n) is 3.20. The van der Waals surface area contributed by atoms with Gasteiger partial charge in [-0.15, -0.1) is 0 Å². The quantitative estimate of drug-likeness (QED) is 0.810. The van der Waals surface area contributed by atoms with Crippen molar-refractivity contribution in [2.45, 2.75) is 26.3 Å². The fourth-order valence-corrected chi connectivity index (χ4v) is 2.01. The molecule has 19 heavy (non-hydrogen) atoms. The lowest BCUT2D eigenvalue weighted by Crippen LogP contribution is -2.18.